The maximum Gasteiger partial charge on any atom is 0.226 e. The van der Waals surface area contributed by atoms with Gasteiger partial charge in [-0.2, -0.15) is 0 Å². The van der Waals surface area contributed by atoms with Crippen molar-refractivity contribution >= 4 is 11.8 Å². The summed E-state index contributed by atoms with van der Waals surface area (Å²) in [4.78, 5) is 27.5. The highest BCUT2D eigenvalue weighted by Crippen LogP contribution is 2.39. The van der Waals surface area contributed by atoms with Gasteiger partial charge in [-0.25, -0.2) is 4.39 Å². The number of likely N-dealkylation sites (tertiary alicyclic amines) is 1. The van der Waals surface area contributed by atoms with Crippen LogP contribution in [0.5, 0.6) is 0 Å². The number of carbonyl (C=O) groups is 2. The molecule has 1 heterocycles. The zero-order chi connectivity index (χ0) is 19.5. The normalized spacial score (nSPS) is 22.0. The summed E-state index contributed by atoms with van der Waals surface area (Å²) in [5.41, 5.74) is 1.60. The van der Waals surface area contributed by atoms with Crippen molar-refractivity contribution in [3.8, 4) is 0 Å². The maximum atomic E-state index is 13.8. The van der Waals surface area contributed by atoms with Crippen LogP contribution in [0.3, 0.4) is 0 Å². The molecule has 1 saturated heterocycles. The zero-order valence-corrected chi connectivity index (χ0v) is 15.8. The highest BCUT2D eigenvalue weighted by Gasteiger charge is 2.41. The van der Waals surface area contributed by atoms with E-state index in [4.69, 9.17) is 0 Å². The number of amides is 2. The average molecular weight is 380 g/mol. The van der Waals surface area contributed by atoms with E-state index in [0.29, 0.717) is 12.1 Å². The fraction of sp³-hybridized carbons (Fsp3) is 0.391. The molecule has 2 aromatic rings. The lowest BCUT2D eigenvalue weighted by Crippen LogP contribution is -2.47. The Bertz CT molecular complexity index is 851. The number of nitrogens with one attached hydrogen (secondary N) is 1. The Morgan fingerprint density at radius 2 is 1.61 bits per heavy atom. The first-order valence-electron chi connectivity index (χ1n) is 10.00. The fourth-order valence-corrected chi connectivity index (χ4v) is 3.98. The van der Waals surface area contributed by atoms with Gasteiger partial charge in [0.05, 0.1) is 12.0 Å². The molecule has 5 heteroatoms. The van der Waals surface area contributed by atoms with E-state index in [1.54, 1.807) is 18.2 Å². The Morgan fingerprint density at radius 3 is 2.32 bits per heavy atom. The summed E-state index contributed by atoms with van der Waals surface area (Å²) in [6, 6.07) is 16.5. The predicted octanol–water partition coefficient (Wildman–Crippen LogP) is 3.83. The van der Waals surface area contributed by atoms with Gasteiger partial charge in [0.2, 0.25) is 11.8 Å². The van der Waals surface area contributed by atoms with Crippen molar-refractivity contribution in [1.82, 2.24) is 10.2 Å². The summed E-state index contributed by atoms with van der Waals surface area (Å²) in [7, 11) is 0. The molecule has 0 bridgehead atoms. The molecule has 2 amide bonds. The van der Waals surface area contributed by atoms with Crippen molar-refractivity contribution in [2.75, 3.05) is 6.54 Å². The molecule has 0 aromatic heterocycles. The number of rotatable bonds is 5. The van der Waals surface area contributed by atoms with Gasteiger partial charge in [-0.3, -0.25) is 9.59 Å². The molecular formula is C23H25FN2O2. The monoisotopic (exact) mass is 380 g/mol. The fourth-order valence-electron chi connectivity index (χ4n) is 3.98. The van der Waals surface area contributed by atoms with E-state index in [-0.39, 0.29) is 42.1 Å². The molecule has 2 aliphatic rings. The van der Waals surface area contributed by atoms with Crippen LogP contribution in [0.25, 0.3) is 0 Å². The summed E-state index contributed by atoms with van der Waals surface area (Å²) in [6.07, 6.45) is 3.37. The van der Waals surface area contributed by atoms with Crippen LogP contribution in [0, 0.1) is 17.7 Å². The van der Waals surface area contributed by atoms with Gasteiger partial charge in [-0.1, -0.05) is 48.5 Å². The molecule has 2 fully saturated rings. The number of hydrogen-bond acceptors (Lipinski definition) is 2. The van der Waals surface area contributed by atoms with Crippen molar-refractivity contribution < 1.29 is 14.0 Å². The second-order valence-electron chi connectivity index (χ2n) is 7.77. The molecule has 1 saturated carbocycles. The topological polar surface area (TPSA) is 49.4 Å². The Labute approximate surface area is 164 Å². The van der Waals surface area contributed by atoms with Gasteiger partial charge >= 0.3 is 0 Å². The molecule has 1 aliphatic carbocycles. The van der Waals surface area contributed by atoms with E-state index in [1.165, 1.54) is 6.07 Å². The van der Waals surface area contributed by atoms with Crippen LogP contribution in [0.4, 0.5) is 4.39 Å². The Morgan fingerprint density at radius 1 is 0.929 bits per heavy atom. The molecule has 146 valence electrons. The lowest BCUT2D eigenvalue weighted by Gasteiger charge is -2.39. The SMILES string of the molecule is O=C(NCc1ccccc1F)[C@@H]1CC[C@@H](c2ccccc2)N(C(=O)C2CC2)C1. The van der Waals surface area contributed by atoms with Crippen LogP contribution < -0.4 is 5.32 Å². The highest BCUT2D eigenvalue weighted by molar-refractivity contribution is 5.84. The van der Waals surface area contributed by atoms with Gasteiger partial charge in [0.15, 0.2) is 0 Å². The van der Waals surface area contributed by atoms with Crippen molar-refractivity contribution in [1.29, 1.82) is 0 Å². The predicted molar refractivity (Wildman–Crippen MR) is 105 cm³/mol. The van der Waals surface area contributed by atoms with E-state index in [2.05, 4.69) is 17.4 Å². The summed E-state index contributed by atoms with van der Waals surface area (Å²) in [6.45, 7) is 0.596. The zero-order valence-electron chi connectivity index (χ0n) is 15.8. The summed E-state index contributed by atoms with van der Waals surface area (Å²) in [5.74, 6) is -0.397. The average Bonchev–Trinajstić information content (AvgIpc) is 3.58. The van der Waals surface area contributed by atoms with Gasteiger partial charge in [-0.05, 0) is 37.3 Å². The number of nitrogens with zero attached hydrogens (tertiary/aromatic N) is 1. The van der Waals surface area contributed by atoms with Gasteiger partial charge < -0.3 is 10.2 Å². The number of hydrogen-bond donors (Lipinski definition) is 1. The first-order chi connectivity index (χ1) is 13.6. The van der Waals surface area contributed by atoms with Crippen LogP contribution >= 0.6 is 0 Å². The number of halogens is 1. The third kappa shape index (κ3) is 4.08. The van der Waals surface area contributed by atoms with E-state index >= 15 is 0 Å². The molecule has 2 atom stereocenters. The molecule has 0 spiro atoms. The second-order valence-corrected chi connectivity index (χ2v) is 7.77. The molecule has 2 aromatic carbocycles. The maximum absolute atomic E-state index is 13.8. The van der Waals surface area contributed by atoms with Crippen LogP contribution in [0.1, 0.15) is 42.9 Å². The summed E-state index contributed by atoms with van der Waals surface area (Å²) < 4.78 is 13.8. The molecule has 1 aliphatic heterocycles. The molecule has 28 heavy (non-hydrogen) atoms. The Hall–Kier alpha value is -2.69. The van der Waals surface area contributed by atoms with Crippen LogP contribution in [0.2, 0.25) is 0 Å². The minimum atomic E-state index is -0.318. The molecular weight excluding hydrogens is 355 g/mol. The first-order valence-corrected chi connectivity index (χ1v) is 10.00. The Balaban J connectivity index is 1.44. The smallest absolute Gasteiger partial charge is 0.226 e. The second kappa shape index (κ2) is 8.13. The quantitative estimate of drug-likeness (QED) is 0.857. The largest absolute Gasteiger partial charge is 0.352 e. The van der Waals surface area contributed by atoms with Gasteiger partial charge in [0.1, 0.15) is 5.82 Å². The van der Waals surface area contributed by atoms with E-state index in [1.807, 2.05) is 23.1 Å². The van der Waals surface area contributed by atoms with Gasteiger partial charge in [0, 0.05) is 24.6 Å². The van der Waals surface area contributed by atoms with Gasteiger partial charge in [0.25, 0.3) is 0 Å². The van der Waals surface area contributed by atoms with E-state index in [0.717, 1.165) is 31.2 Å². The van der Waals surface area contributed by atoms with Crippen molar-refractivity contribution in [3.05, 3.63) is 71.5 Å². The van der Waals surface area contributed by atoms with E-state index < -0.39 is 0 Å². The molecule has 0 radical (unpaired) electrons. The van der Waals surface area contributed by atoms with Crippen molar-refractivity contribution in [2.45, 2.75) is 38.3 Å². The van der Waals surface area contributed by atoms with Crippen molar-refractivity contribution in [2.24, 2.45) is 11.8 Å². The third-order valence-electron chi connectivity index (χ3n) is 5.76. The highest BCUT2D eigenvalue weighted by atomic mass is 19.1. The number of carbonyl (C=O) groups excluding carboxylic acids is 2. The minimum absolute atomic E-state index is 0.0323. The number of benzene rings is 2. The molecule has 0 unspecified atom stereocenters. The van der Waals surface area contributed by atoms with Crippen LogP contribution in [-0.2, 0) is 16.1 Å². The third-order valence-corrected chi connectivity index (χ3v) is 5.76. The number of piperidine rings is 1. The minimum Gasteiger partial charge on any atom is -0.352 e. The van der Waals surface area contributed by atoms with Crippen LogP contribution in [0.15, 0.2) is 54.6 Å². The molecule has 4 nitrogen and oxygen atoms in total. The molecule has 4 rings (SSSR count). The van der Waals surface area contributed by atoms with Crippen molar-refractivity contribution in [3.63, 3.8) is 0 Å². The lowest BCUT2D eigenvalue weighted by atomic mass is 9.88. The summed E-state index contributed by atoms with van der Waals surface area (Å²) in [5, 5.41) is 2.85. The van der Waals surface area contributed by atoms with E-state index in [9.17, 15) is 14.0 Å². The van der Waals surface area contributed by atoms with Crippen LogP contribution in [-0.4, -0.2) is 23.3 Å². The Kier molecular flexibility index (Phi) is 5.42. The van der Waals surface area contributed by atoms with Gasteiger partial charge in [-0.15, -0.1) is 0 Å². The standard InChI is InChI=1S/C23H25FN2O2/c24-20-9-5-4-8-18(20)14-25-22(27)19-12-13-21(16-6-2-1-3-7-16)26(15-19)23(28)17-10-11-17/h1-9,17,19,21H,10-15H2,(H,25,27)/t19-,21+/m1/s1. The lowest BCUT2D eigenvalue weighted by molar-refractivity contribution is -0.140. The summed E-state index contributed by atoms with van der Waals surface area (Å²) >= 11 is 0. The first kappa shape index (κ1) is 18.7. The molecule has 1 N–H and O–H groups in total.